The standard InChI is InChI=1S/C10N8/c11-1-7(2-12)9(5-15)17-18-10(6-16)8(3-13)4-14/q-2. The van der Waals surface area contributed by atoms with Crippen molar-refractivity contribution in [3.8, 4) is 24.3 Å². The van der Waals surface area contributed by atoms with Crippen LogP contribution in [0.1, 0.15) is 0 Å². The van der Waals surface area contributed by atoms with E-state index in [1.807, 2.05) is 0 Å². The summed E-state index contributed by atoms with van der Waals surface area (Å²) >= 11 is 0. The van der Waals surface area contributed by atoms with Gasteiger partial charge in [-0.1, -0.05) is 0 Å². The second-order valence-corrected chi connectivity index (χ2v) is 2.32. The highest BCUT2D eigenvalue weighted by atomic mass is 15.2. The van der Waals surface area contributed by atoms with E-state index in [1.165, 1.54) is 36.0 Å². The van der Waals surface area contributed by atoms with Crippen molar-refractivity contribution in [2.75, 3.05) is 0 Å². The minimum absolute atomic E-state index is 0.589. The Bertz CT molecular complexity index is 620. The molecule has 0 amide bonds. The van der Waals surface area contributed by atoms with Crippen LogP contribution in [0, 0.1) is 45.3 Å². The summed E-state index contributed by atoms with van der Waals surface area (Å²) in [5.74, 6) is 2.83. The average Bonchev–Trinajstić information content (AvgIpc) is 2.42. The Hall–Kier alpha value is -3.80. The van der Waals surface area contributed by atoms with Crippen molar-refractivity contribution in [3.05, 3.63) is 22.0 Å². The number of hydrogen-bond donors (Lipinski definition) is 0. The highest BCUT2D eigenvalue weighted by Gasteiger charge is 2.06. The quantitative estimate of drug-likeness (QED) is 0.385. The van der Waals surface area contributed by atoms with Crippen LogP contribution < -0.4 is 0 Å². The monoisotopic (exact) mass is 232 g/mol. The highest BCUT2D eigenvalue weighted by molar-refractivity contribution is 6.21. The van der Waals surface area contributed by atoms with Crippen LogP contribution >= 0.6 is 0 Å². The zero-order valence-electron chi connectivity index (χ0n) is 8.58. The number of hydrogen-bond acceptors (Lipinski definition) is 6. The molecule has 8 nitrogen and oxygen atoms in total. The van der Waals surface area contributed by atoms with Crippen molar-refractivity contribution < 1.29 is 0 Å². The topological polar surface area (TPSA) is 164 Å². The van der Waals surface area contributed by atoms with Crippen LogP contribution in [0.25, 0.3) is 10.8 Å². The van der Waals surface area contributed by atoms with Gasteiger partial charge >= 0.3 is 0 Å². The fraction of sp³-hybridized carbons (Fsp3) is 0. The molecule has 0 aromatic carbocycles. The third kappa shape index (κ3) is 3.41. The molecule has 0 saturated carbocycles. The SMILES string of the molecule is N#CC(=C=[N-])C(C#N)=NN=C(C#N)C(=C=[N-])C#N. The van der Waals surface area contributed by atoms with Gasteiger partial charge in [0.1, 0.15) is 35.4 Å². The van der Waals surface area contributed by atoms with Gasteiger partial charge in [-0.05, 0) is 0 Å². The van der Waals surface area contributed by atoms with Gasteiger partial charge in [-0.3, -0.25) is 0 Å². The smallest absolute Gasteiger partial charge is 0.186 e. The van der Waals surface area contributed by atoms with Gasteiger partial charge < -0.3 is 10.8 Å². The van der Waals surface area contributed by atoms with E-state index in [1.54, 1.807) is 0 Å². The largest absolute Gasteiger partial charge is 0.762 e. The molecule has 18 heavy (non-hydrogen) atoms. The minimum Gasteiger partial charge on any atom is -0.762 e. The van der Waals surface area contributed by atoms with Crippen molar-refractivity contribution in [1.29, 1.82) is 21.0 Å². The summed E-state index contributed by atoms with van der Waals surface area (Å²) in [6.45, 7) is 0. The molecule has 8 heteroatoms. The molecule has 0 aromatic rings. The maximum absolute atomic E-state index is 8.60. The number of allylic oxidation sites excluding steroid dienone is 2. The third-order valence-corrected chi connectivity index (χ3v) is 1.38. The van der Waals surface area contributed by atoms with Crippen molar-refractivity contribution in [1.82, 2.24) is 0 Å². The Kier molecular flexibility index (Phi) is 5.91. The van der Waals surface area contributed by atoms with Crippen molar-refractivity contribution in [3.63, 3.8) is 0 Å². The van der Waals surface area contributed by atoms with Crippen LogP contribution in [0.3, 0.4) is 0 Å². The van der Waals surface area contributed by atoms with Gasteiger partial charge in [-0.15, -0.1) is 10.2 Å². The van der Waals surface area contributed by atoms with Gasteiger partial charge in [-0.25, -0.2) is 11.7 Å². The van der Waals surface area contributed by atoms with Gasteiger partial charge in [0, 0.05) is 0 Å². The van der Waals surface area contributed by atoms with Gasteiger partial charge in [0.15, 0.2) is 11.4 Å². The predicted molar refractivity (Wildman–Crippen MR) is 61.1 cm³/mol. The minimum atomic E-state index is -0.608. The highest BCUT2D eigenvalue weighted by Crippen LogP contribution is 1.96. The zero-order chi connectivity index (χ0) is 14.0. The molecule has 0 N–H and O–H groups in total. The Morgan fingerprint density at radius 3 is 1.17 bits per heavy atom. The lowest BCUT2D eigenvalue weighted by atomic mass is 10.2. The fourth-order valence-electron chi connectivity index (χ4n) is 0.618. The molecule has 0 bridgehead atoms. The molecule has 0 spiro atoms. The van der Waals surface area contributed by atoms with Gasteiger partial charge in [0.05, 0.1) is 0 Å². The molecule has 0 heterocycles. The lowest BCUT2D eigenvalue weighted by Crippen LogP contribution is -2.01. The van der Waals surface area contributed by atoms with Crippen LogP contribution in [0.5, 0.6) is 0 Å². The van der Waals surface area contributed by atoms with E-state index in [0.29, 0.717) is 0 Å². The first-order valence-electron chi connectivity index (χ1n) is 3.99. The maximum Gasteiger partial charge on any atom is 0.186 e. The van der Waals surface area contributed by atoms with E-state index in [9.17, 15) is 0 Å². The second-order valence-electron chi connectivity index (χ2n) is 2.32. The van der Waals surface area contributed by atoms with Gasteiger partial charge in [-0.2, -0.15) is 21.0 Å². The van der Waals surface area contributed by atoms with Crippen LogP contribution in [-0.2, 0) is 0 Å². The van der Waals surface area contributed by atoms with E-state index in [2.05, 4.69) is 10.2 Å². The molecule has 0 fully saturated rings. The van der Waals surface area contributed by atoms with Crippen molar-refractivity contribution >= 4 is 23.2 Å². The summed E-state index contributed by atoms with van der Waals surface area (Å²) in [7, 11) is 0. The van der Waals surface area contributed by atoms with E-state index in [4.69, 9.17) is 31.9 Å². The molecular weight excluding hydrogens is 232 g/mol. The Labute approximate surface area is 101 Å². The lowest BCUT2D eigenvalue weighted by molar-refractivity contribution is 1.24. The molecular formula is C10N8-2. The summed E-state index contributed by atoms with van der Waals surface area (Å²) < 4.78 is 0. The summed E-state index contributed by atoms with van der Waals surface area (Å²) in [5.41, 5.74) is -2.39. The summed E-state index contributed by atoms with van der Waals surface area (Å²) in [6.07, 6.45) is 0. The first-order valence-corrected chi connectivity index (χ1v) is 3.99. The van der Waals surface area contributed by atoms with Crippen LogP contribution in [-0.4, -0.2) is 23.2 Å². The van der Waals surface area contributed by atoms with Gasteiger partial charge in [0.2, 0.25) is 0 Å². The van der Waals surface area contributed by atoms with Crippen LogP contribution in [0.2, 0.25) is 0 Å². The first-order chi connectivity index (χ1) is 8.68. The number of nitrogens with zero attached hydrogens (tertiary/aromatic N) is 8. The van der Waals surface area contributed by atoms with Crippen LogP contribution in [0.4, 0.5) is 0 Å². The fourth-order valence-corrected chi connectivity index (χ4v) is 0.618. The molecule has 0 unspecified atom stereocenters. The molecule has 0 radical (unpaired) electrons. The zero-order valence-corrected chi connectivity index (χ0v) is 8.58. The van der Waals surface area contributed by atoms with Crippen molar-refractivity contribution in [2.45, 2.75) is 0 Å². The first kappa shape index (κ1) is 14.2. The average molecular weight is 232 g/mol. The van der Waals surface area contributed by atoms with Crippen LogP contribution in [0.15, 0.2) is 21.3 Å². The van der Waals surface area contributed by atoms with E-state index >= 15 is 0 Å². The normalized spacial score (nSPS) is 9.56. The molecule has 0 saturated heterocycles. The summed E-state index contributed by atoms with van der Waals surface area (Å²) in [4.78, 5) is 0. The second kappa shape index (κ2) is 7.49. The Morgan fingerprint density at radius 2 is 1.00 bits per heavy atom. The summed E-state index contributed by atoms with van der Waals surface area (Å²) in [5, 5.41) is 57.5. The predicted octanol–water partition coefficient (Wildman–Crippen LogP) is 0.209. The molecule has 0 aliphatic rings. The van der Waals surface area contributed by atoms with Gasteiger partial charge in [0.25, 0.3) is 0 Å². The molecule has 0 aliphatic carbocycles. The molecule has 0 atom stereocenters. The molecule has 0 rings (SSSR count). The third-order valence-electron chi connectivity index (χ3n) is 1.38. The van der Waals surface area contributed by atoms with E-state index < -0.39 is 22.6 Å². The summed E-state index contributed by atoms with van der Waals surface area (Å²) in [6, 6.07) is 5.70. The Morgan fingerprint density at radius 1 is 0.667 bits per heavy atom. The van der Waals surface area contributed by atoms with Crippen molar-refractivity contribution in [2.24, 2.45) is 10.2 Å². The lowest BCUT2D eigenvalue weighted by Gasteiger charge is -1.92. The molecule has 82 valence electrons. The number of nitriles is 4. The maximum atomic E-state index is 8.60. The van der Waals surface area contributed by atoms with E-state index in [0.717, 1.165) is 0 Å². The Balaban J connectivity index is 5.75. The molecule has 0 aliphatic heterocycles. The number of rotatable bonds is 3. The molecule has 0 aromatic heterocycles. The van der Waals surface area contributed by atoms with E-state index in [-0.39, 0.29) is 0 Å².